The van der Waals surface area contributed by atoms with Crippen LogP contribution in [0, 0.1) is 0 Å². The highest BCUT2D eigenvalue weighted by molar-refractivity contribution is 7.47. The normalized spacial score (nSPS) is 18.1. The van der Waals surface area contributed by atoms with E-state index in [1.807, 2.05) is 21.1 Å². The molecule has 0 aromatic heterocycles. The van der Waals surface area contributed by atoms with Gasteiger partial charge in [0.05, 0.1) is 21.1 Å². The number of hydrogen-bond acceptors (Lipinski definition) is 4. The molecule has 0 rings (SSSR count). The molecule has 0 saturated heterocycles. The zero-order chi connectivity index (χ0) is 12.8. The van der Waals surface area contributed by atoms with Gasteiger partial charge in [0.2, 0.25) is 0 Å². The fourth-order valence-corrected chi connectivity index (χ4v) is 1.72. The molecule has 1 N–H and O–H groups in total. The van der Waals surface area contributed by atoms with Crippen LogP contribution < -0.4 is 0 Å². The third-order valence-corrected chi connectivity index (χ3v) is 2.77. The standard InChI is InChI=1S/C9H22NO5P/c1-6-13-9(2)15-16(11,12)14-8-7-10(3,4)5/h9H,6-8H2,1-5H3/p+1. The Bertz CT molecular complexity index is 241. The molecule has 6 nitrogen and oxygen atoms in total. The largest absolute Gasteiger partial charge is 0.474 e. The van der Waals surface area contributed by atoms with Crippen LogP contribution in [0.4, 0.5) is 0 Å². The van der Waals surface area contributed by atoms with Crippen LogP contribution in [-0.4, -0.2) is 56.6 Å². The average Bonchev–Trinajstić information content (AvgIpc) is 1.99. The molecule has 0 fully saturated rings. The smallest absolute Gasteiger partial charge is 0.353 e. The lowest BCUT2D eigenvalue weighted by atomic mass is 10.5. The third-order valence-electron chi connectivity index (χ3n) is 1.70. The molecule has 0 aliphatic heterocycles. The zero-order valence-electron chi connectivity index (χ0n) is 10.7. The third kappa shape index (κ3) is 9.27. The van der Waals surface area contributed by atoms with E-state index in [9.17, 15) is 9.46 Å². The van der Waals surface area contributed by atoms with Crippen molar-refractivity contribution in [1.29, 1.82) is 0 Å². The number of nitrogens with zero attached hydrogens (tertiary/aromatic N) is 1. The van der Waals surface area contributed by atoms with Gasteiger partial charge in [-0.15, -0.1) is 0 Å². The van der Waals surface area contributed by atoms with Gasteiger partial charge in [0.25, 0.3) is 0 Å². The molecule has 0 aliphatic rings. The van der Waals surface area contributed by atoms with Crippen molar-refractivity contribution in [3.8, 4) is 0 Å². The van der Waals surface area contributed by atoms with Gasteiger partial charge in [-0.25, -0.2) is 4.57 Å². The van der Waals surface area contributed by atoms with Crippen LogP contribution in [0.25, 0.3) is 0 Å². The lowest BCUT2D eigenvalue weighted by Crippen LogP contribution is -2.37. The maximum Gasteiger partial charge on any atom is 0.474 e. The average molecular weight is 256 g/mol. The molecule has 7 heteroatoms. The number of likely N-dealkylation sites (N-methyl/N-ethyl adjacent to an activating group) is 1. The summed E-state index contributed by atoms with van der Waals surface area (Å²) in [5.74, 6) is 0. The summed E-state index contributed by atoms with van der Waals surface area (Å²) in [4.78, 5) is 9.33. The highest BCUT2D eigenvalue weighted by Gasteiger charge is 2.25. The van der Waals surface area contributed by atoms with E-state index in [0.29, 0.717) is 17.6 Å². The van der Waals surface area contributed by atoms with Gasteiger partial charge in [0.1, 0.15) is 13.2 Å². The van der Waals surface area contributed by atoms with E-state index in [4.69, 9.17) is 13.8 Å². The molecular formula is C9H23NO5P+. The van der Waals surface area contributed by atoms with Gasteiger partial charge < -0.3 is 14.1 Å². The van der Waals surface area contributed by atoms with Crippen LogP contribution in [0.3, 0.4) is 0 Å². The van der Waals surface area contributed by atoms with E-state index in [-0.39, 0.29) is 6.61 Å². The molecule has 0 saturated carbocycles. The summed E-state index contributed by atoms with van der Waals surface area (Å²) in [6.07, 6.45) is -0.745. The van der Waals surface area contributed by atoms with Crippen molar-refractivity contribution in [2.24, 2.45) is 0 Å². The van der Waals surface area contributed by atoms with Gasteiger partial charge in [0.15, 0.2) is 6.29 Å². The van der Waals surface area contributed by atoms with Crippen LogP contribution in [0.2, 0.25) is 0 Å². The molecule has 0 radical (unpaired) electrons. The minimum atomic E-state index is -4.00. The number of phosphoric ester groups is 1. The van der Waals surface area contributed by atoms with E-state index in [0.717, 1.165) is 0 Å². The van der Waals surface area contributed by atoms with Crippen LogP contribution in [0.15, 0.2) is 0 Å². The number of rotatable bonds is 8. The summed E-state index contributed by atoms with van der Waals surface area (Å²) < 4.78 is 26.6. The summed E-state index contributed by atoms with van der Waals surface area (Å²) >= 11 is 0. The number of phosphoric acid groups is 1. The van der Waals surface area contributed by atoms with Crippen molar-refractivity contribution in [3.05, 3.63) is 0 Å². The molecule has 0 aromatic carbocycles. The summed E-state index contributed by atoms with van der Waals surface area (Å²) in [5.41, 5.74) is 0. The van der Waals surface area contributed by atoms with Crippen LogP contribution >= 0.6 is 7.82 Å². The highest BCUT2D eigenvalue weighted by atomic mass is 31.2. The minimum Gasteiger partial charge on any atom is -0.353 e. The fraction of sp³-hybridized carbons (Fsp3) is 1.00. The highest BCUT2D eigenvalue weighted by Crippen LogP contribution is 2.44. The van der Waals surface area contributed by atoms with E-state index >= 15 is 0 Å². The Labute approximate surface area is 97.3 Å². The van der Waals surface area contributed by atoms with Gasteiger partial charge in [-0.2, -0.15) is 0 Å². The first-order valence-corrected chi connectivity index (χ1v) is 6.73. The topological polar surface area (TPSA) is 65.0 Å². The Hall–Kier alpha value is 0.0300. The molecule has 0 amide bonds. The predicted molar refractivity (Wildman–Crippen MR) is 60.8 cm³/mol. The summed E-state index contributed by atoms with van der Waals surface area (Å²) in [5, 5.41) is 0. The number of ether oxygens (including phenoxy) is 1. The van der Waals surface area contributed by atoms with Crippen LogP contribution in [0.1, 0.15) is 13.8 Å². The minimum absolute atomic E-state index is 0.163. The lowest BCUT2D eigenvalue weighted by molar-refractivity contribution is -0.870. The first-order valence-electron chi connectivity index (χ1n) is 5.24. The Kier molecular flexibility index (Phi) is 6.70. The molecule has 98 valence electrons. The SMILES string of the molecule is CCOC(C)OP(=O)(O)OCC[N+](C)(C)C. The first kappa shape index (κ1) is 16.0. The maximum atomic E-state index is 11.4. The molecule has 0 heterocycles. The molecule has 0 aromatic rings. The van der Waals surface area contributed by atoms with Crippen molar-refractivity contribution < 1.29 is 27.7 Å². The van der Waals surface area contributed by atoms with Gasteiger partial charge in [-0.05, 0) is 13.8 Å². The molecule has 16 heavy (non-hydrogen) atoms. The molecular weight excluding hydrogens is 233 g/mol. The van der Waals surface area contributed by atoms with Crippen molar-refractivity contribution in [1.82, 2.24) is 0 Å². The lowest BCUT2D eigenvalue weighted by Gasteiger charge is -2.24. The van der Waals surface area contributed by atoms with Crippen LogP contribution in [-0.2, 0) is 18.3 Å². The Morgan fingerprint density at radius 3 is 2.38 bits per heavy atom. The van der Waals surface area contributed by atoms with Crippen LogP contribution in [0.5, 0.6) is 0 Å². The summed E-state index contributed by atoms with van der Waals surface area (Å²) in [6, 6.07) is 0. The van der Waals surface area contributed by atoms with Gasteiger partial charge in [-0.1, -0.05) is 0 Å². The molecule has 2 atom stereocenters. The second kappa shape index (κ2) is 6.69. The Balaban J connectivity index is 3.92. The monoisotopic (exact) mass is 256 g/mol. The van der Waals surface area contributed by atoms with E-state index < -0.39 is 14.1 Å². The summed E-state index contributed by atoms with van der Waals surface area (Å²) in [6.45, 7) is 4.53. The van der Waals surface area contributed by atoms with Crippen molar-refractivity contribution in [2.45, 2.75) is 20.1 Å². The second-order valence-electron chi connectivity index (χ2n) is 4.44. The second-order valence-corrected chi connectivity index (χ2v) is 5.85. The number of hydrogen-bond donors (Lipinski definition) is 1. The molecule has 0 spiro atoms. The predicted octanol–water partition coefficient (Wildman–Crippen LogP) is 1.21. The number of quaternary nitrogens is 1. The van der Waals surface area contributed by atoms with E-state index in [1.165, 1.54) is 0 Å². The Morgan fingerprint density at radius 2 is 1.94 bits per heavy atom. The van der Waals surface area contributed by atoms with Gasteiger partial charge >= 0.3 is 7.82 Å². The fourth-order valence-electron chi connectivity index (χ4n) is 0.913. The maximum absolute atomic E-state index is 11.4. The quantitative estimate of drug-likeness (QED) is 0.402. The van der Waals surface area contributed by atoms with E-state index in [2.05, 4.69) is 0 Å². The zero-order valence-corrected chi connectivity index (χ0v) is 11.6. The molecule has 0 aliphatic carbocycles. The van der Waals surface area contributed by atoms with Gasteiger partial charge in [-0.3, -0.25) is 9.05 Å². The molecule has 0 bridgehead atoms. The summed E-state index contributed by atoms with van der Waals surface area (Å²) in [7, 11) is 1.90. The van der Waals surface area contributed by atoms with Crippen molar-refractivity contribution in [3.63, 3.8) is 0 Å². The van der Waals surface area contributed by atoms with Crippen molar-refractivity contribution >= 4 is 7.82 Å². The Morgan fingerprint density at radius 1 is 1.38 bits per heavy atom. The molecule has 2 unspecified atom stereocenters. The van der Waals surface area contributed by atoms with E-state index in [1.54, 1.807) is 13.8 Å². The van der Waals surface area contributed by atoms with Gasteiger partial charge in [0, 0.05) is 6.61 Å². The first-order chi connectivity index (χ1) is 7.16. The van der Waals surface area contributed by atoms with Crippen molar-refractivity contribution in [2.75, 3.05) is 40.9 Å².